The fraction of sp³-hybridized carbons (Fsp3) is 0.800. The van der Waals surface area contributed by atoms with Crippen molar-refractivity contribution in [3.05, 3.63) is 0 Å². The van der Waals surface area contributed by atoms with Crippen molar-refractivity contribution in [3.8, 4) is 0 Å². The maximum absolute atomic E-state index is 9.55. The molecule has 0 aliphatic heterocycles. The Balaban J connectivity index is 0. The zero-order valence-corrected chi connectivity index (χ0v) is 9.03. The number of ether oxygens (including phenoxy) is 2. The summed E-state index contributed by atoms with van der Waals surface area (Å²) in [4.78, 5) is 18.9. The molecule has 0 fully saturated rings. The van der Waals surface area contributed by atoms with Gasteiger partial charge in [-0.25, -0.2) is 0 Å². The van der Waals surface area contributed by atoms with Crippen molar-refractivity contribution in [2.75, 3.05) is 13.2 Å². The van der Waals surface area contributed by atoms with Crippen molar-refractivity contribution in [1.29, 1.82) is 0 Å². The van der Waals surface area contributed by atoms with E-state index in [-0.39, 0.29) is 0 Å². The number of unbranched alkanes of at least 4 members (excludes halogenated alkanes) is 2. The Labute approximate surface area is 85.6 Å². The van der Waals surface area contributed by atoms with Crippen LogP contribution >= 0.6 is 0 Å². The van der Waals surface area contributed by atoms with Gasteiger partial charge in [0.1, 0.15) is 0 Å². The normalized spacial score (nSPS) is 8.14. The molecule has 0 saturated heterocycles. The van der Waals surface area contributed by atoms with Crippen molar-refractivity contribution in [1.82, 2.24) is 0 Å². The molecule has 0 spiro atoms. The summed E-state index contributed by atoms with van der Waals surface area (Å²) >= 11 is 0. The van der Waals surface area contributed by atoms with Crippen LogP contribution in [0.2, 0.25) is 0 Å². The van der Waals surface area contributed by atoms with Crippen LogP contribution in [0.1, 0.15) is 39.5 Å². The van der Waals surface area contributed by atoms with Crippen LogP contribution in [-0.4, -0.2) is 26.2 Å². The van der Waals surface area contributed by atoms with Crippen molar-refractivity contribution in [3.63, 3.8) is 0 Å². The fourth-order valence-electron chi connectivity index (χ4n) is 0.649. The first-order valence-electron chi connectivity index (χ1n) is 4.93. The zero-order valence-electron chi connectivity index (χ0n) is 9.03. The molecule has 0 aromatic carbocycles. The molecule has 14 heavy (non-hydrogen) atoms. The molecule has 0 amide bonds. The second kappa shape index (κ2) is 17.9. The summed E-state index contributed by atoms with van der Waals surface area (Å²) in [6.45, 7) is 6.14. The van der Waals surface area contributed by atoms with Gasteiger partial charge in [-0.1, -0.05) is 26.7 Å². The Kier molecular flexibility index (Phi) is 19.7. The highest BCUT2D eigenvalue weighted by Crippen LogP contribution is 1.91. The summed E-state index contributed by atoms with van der Waals surface area (Å²) in [6, 6.07) is 0. The van der Waals surface area contributed by atoms with E-state index in [1.54, 1.807) is 0 Å². The highest BCUT2D eigenvalue weighted by Gasteiger charge is 1.82. The number of hydrogen-bond donors (Lipinski definition) is 0. The van der Waals surface area contributed by atoms with Crippen molar-refractivity contribution in [2.24, 2.45) is 0 Å². The Hall–Kier alpha value is -1.06. The minimum Gasteiger partial charge on any atom is -0.468 e. The lowest BCUT2D eigenvalue weighted by Crippen LogP contribution is -1.89. The van der Waals surface area contributed by atoms with Crippen LogP contribution < -0.4 is 0 Å². The van der Waals surface area contributed by atoms with E-state index < -0.39 is 0 Å². The summed E-state index contributed by atoms with van der Waals surface area (Å²) in [7, 11) is 0. The van der Waals surface area contributed by atoms with Gasteiger partial charge in [0, 0.05) is 0 Å². The van der Waals surface area contributed by atoms with Crippen LogP contribution in [0.3, 0.4) is 0 Å². The molecule has 0 rings (SSSR count). The third-order valence-corrected chi connectivity index (χ3v) is 1.32. The van der Waals surface area contributed by atoms with Crippen LogP contribution in [0.4, 0.5) is 0 Å². The van der Waals surface area contributed by atoms with Crippen LogP contribution in [0.25, 0.3) is 0 Å². The Bertz CT molecular complexity index is 115. The molecular formula is C10H20O4. The maximum Gasteiger partial charge on any atom is 0.293 e. The summed E-state index contributed by atoms with van der Waals surface area (Å²) in [6.07, 6.45) is 4.21. The van der Waals surface area contributed by atoms with Crippen molar-refractivity contribution in [2.45, 2.75) is 39.5 Å². The number of carbonyl (C=O) groups is 2. The van der Waals surface area contributed by atoms with Gasteiger partial charge < -0.3 is 9.47 Å². The molecule has 0 aliphatic carbocycles. The van der Waals surface area contributed by atoms with Gasteiger partial charge in [-0.3, -0.25) is 9.59 Å². The molecule has 84 valence electrons. The molecule has 0 saturated carbocycles. The molecule has 0 aromatic heterocycles. The van der Waals surface area contributed by atoms with Gasteiger partial charge in [-0.15, -0.1) is 0 Å². The lowest BCUT2D eigenvalue weighted by Gasteiger charge is -1.93. The highest BCUT2D eigenvalue weighted by molar-refractivity contribution is 5.36. The van der Waals surface area contributed by atoms with E-state index in [0.717, 1.165) is 19.3 Å². The SMILES string of the molecule is CCCCCOC=O.CCCOC=O. The minimum atomic E-state index is 0.462. The van der Waals surface area contributed by atoms with Crippen LogP contribution in [0, 0.1) is 0 Å². The van der Waals surface area contributed by atoms with Gasteiger partial charge in [-0.05, 0) is 12.8 Å². The quantitative estimate of drug-likeness (QED) is 0.447. The van der Waals surface area contributed by atoms with Gasteiger partial charge in [0.2, 0.25) is 0 Å². The second-order valence-corrected chi connectivity index (χ2v) is 2.64. The van der Waals surface area contributed by atoms with Gasteiger partial charge in [0.15, 0.2) is 0 Å². The summed E-state index contributed by atoms with van der Waals surface area (Å²) in [5.74, 6) is 0. The predicted molar refractivity (Wildman–Crippen MR) is 53.8 cm³/mol. The van der Waals surface area contributed by atoms with E-state index in [4.69, 9.17) is 0 Å². The van der Waals surface area contributed by atoms with E-state index in [1.165, 1.54) is 6.42 Å². The van der Waals surface area contributed by atoms with Gasteiger partial charge in [0.05, 0.1) is 13.2 Å². The number of carbonyl (C=O) groups excluding carboxylic acids is 2. The topological polar surface area (TPSA) is 52.6 Å². The summed E-state index contributed by atoms with van der Waals surface area (Å²) in [5.41, 5.74) is 0. The first-order valence-corrected chi connectivity index (χ1v) is 4.93. The Morgan fingerprint density at radius 2 is 1.43 bits per heavy atom. The maximum atomic E-state index is 9.55. The van der Waals surface area contributed by atoms with Gasteiger partial charge in [-0.2, -0.15) is 0 Å². The minimum absolute atomic E-state index is 0.462. The molecule has 0 N–H and O–H groups in total. The predicted octanol–water partition coefficient (Wildman–Crippen LogP) is 1.92. The van der Waals surface area contributed by atoms with Gasteiger partial charge in [0.25, 0.3) is 12.9 Å². The molecule has 0 unspecified atom stereocenters. The van der Waals surface area contributed by atoms with Crippen LogP contribution in [0.15, 0.2) is 0 Å². The zero-order chi connectivity index (χ0) is 11.1. The Morgan fingerprint density at radius 3 is 1.79 bits per heavy atom. The second-order valence-electron chi connectivity index (χ2n) is 2.64. The third kappa shape index (κ3) is 22.4. The average Bonchev–Trinajstić information content (AvgIpc) is 2.22. The fourth-order valence-corrected chi connectivity index (χ4v) is 0.649. The molecule has 0 aliphatic rings. The van der Waals surface area contributed by atoms with E-state index >= 15 is 0 Å². The average molecular weight is 204 g/mol. The molecule has 4 heteroatoms. The molecule has 4 nitrogen and oxygen atoms in total. The third-order valence-electron chi connectivity index (χ3n) is 1.32. The van der Waals surface area contributed by atoms with E-state index in [2.05, 4.69) is 16.4 Å². The lowest BCUT2D eigenvalue weighted by molar-refractivity contribution is -0.129. The van der Waals surface area contributed by atoms with Crippen LogP contribution in [0.5, 0.6) is 0 Å². The molecule has 0 aromatic rings. The standard InChI is InChI=1S/C6H12O2.C4H8O2/c1-2-3-4-5-8-6-7;1-2-3-6-4-5/h6H,2-5H2,1H3;4H,2-3H2,1H3. The highest BCUT2D eigenvalue weighted by atomic mass is 16.5. The van der Waals surface area contributed by atoms with E-state index in [0.29, 0.717) is 26.2 Å². The summed E-state index contributed by atoms with van der Waals surface area (Å²) < 4.78 is 8.76. The first kappa shape index (κ1) is 15.4. The molecule has 0 heterocycles. The molecule has 0 radical (unpaired) electrons. The summed E-state index contributed by atoms with van der Waals surface area (Å²) in [5, 5.41) is 0. The number of rotatable bonds is 8. The largest absolute Gasteiger partial charge is 0.468 e. The molecular weight excluding hydrogens is 184 g/mol. The first-order chi connectivity index (χ1) is 6.83. The van der Waals surface area contributed by atoms with Crippen molar-refractivity contribution < 1.29 is 19.1 Å². The smallest absolute Gasteiger partial charge is 0.293 e. The molecule has 0 bridgehead atoms. The molecule has 0 atom stereocenters. The van der Waals surface area contributed by atoms with Gasteiger partial charge >= 0.3 is 0 Å². The number of hydrogen-bond acceptors (Lipinski definition) is 4. The lowest BCUT2D eigenvalue weighted by atomic mass is 10.3. The Morgan fingerprint density at radius 1 is 0.857 bits per heavy atom. The van der Waals surface area contributed by atoms with E-state index in [9.17, 15) is 9.59 Å². The van der Waals surface area contributed by atoms with E-state index in [1.807, 2.05) is 6.92 Å². The van der Waals surface area contributed by atoms with Crippen molar-refractivity contribution >= 4 is 12.9 Å². The monoisotopic (exact) mass is 204 g/mol. The van der Waals surface area contributed by atoms with Crippen LogP contribution in [-0.2, 0) is 19.1 Å².